The van der Waals surface area contributed by atoms with Crippen LogP contribution >= 0.6 is 11.6 Å². The number of rotatable bonds is 6. The molecule has 1 heterocycles. The lowest BCUT2D eigenvalue weighted by Gasteiger charge is -2.12. The largest absolute Gasteiger partial charge is 0.352 e. The van der Waals surface area contributed by atoms with Crippen LogP contribution in [0, 0.1) is 0 Å². The number of hydrogen-bond acceptors (Lipinski definition) is 5. The molecule has 0 aliphatic carbocycles. The van der Waals surface area contributed by atoms with E-state index in [9.17, 15) is 9.59 Å². The highest BCUT2D eigenvalue weighted by molar-refractivity contribution is 6.31. The predicted octanol–water partition coefficient (Wildman–Crippen LogP) is 2.71. The van der Waals surface area contributed by atoms with Crippen molar-refractivity contribution in [2.75, 3.05) is 11.9 Å². The number of tetrazole rings is 1. The fourth-order valence-corrected chi connectivity index (χ4v) is 2.59. The van der Waals surface area contributed by atoms with Gasteiger partial charge in [0.2, 0.25) is 0 Å². The number of benzene rings is 2. The van der Waals surface area contributed by atoms with Gasteiger partial charge in [0, 0.05) is 17.1 Å². The number of nitrogens with one attached hydrogen (secondary N) is 2. The van der Waals surface area contributed by atoms with Crippen molar-refractivity contribution in [3.8, 4) is 5.69 Å². The molecule has 138 valence electrons. The number of amides is 2. The maximum atomic E-state index is 12.7. The SMILES string of the molecule is CCCNC(=O)c1ccc(Cl)cc1NC(=O)c1cccc(-n2cnnn2)c1. The summed E-state index contributed by atoms with van der Waals surface area (Å²) in [5, 5.41) is 16.9. The monoisotopic (exact) mass is 384 g/mol. The van der Waals surface area contributed by atoms with Crippen LogP contribution in [0.1, 0.15) is 34.1 Å². The van der Waals surface area contributed by atoms with E-state index in [1.165, 1.54) is 11.0 Å². The van der Waals surface area contributed by atoms with Crippen LogP contribution in [-0.4, -0.2) is 38.6 Å². The number of anilines is 1. The Morgan fingerprint density at radius 1 is 1.15 bits per heavy atom. The van der Waals surface area contributed by atoms with Crippen molar-refractivity contribution in [1.82, 2.24) is 25.5 Å². The van der Waals surface area contributed by atoms with Crippen LogP contribution in [0.4, 0.5) is 5.69 Å². The number of nitrogens with zero attached hydrogens (tertiary/aromatic N) is 4. The molecule has 0 spiro atoms. The lowest BCUT2D eigenvalue weighted by atomic mass is 10.1. The number of carbonyl (C=O) groups excluding carboxylic acids is 2. The number of carbonyl (C=O) groups is 2. The van der Waals surface area contributed by atoms with Crippen LogP contribution in [0.15, 0.2) is 48.8 Å². The second-order valence-corrected chi connectivity index (χ2v) is 6.14. The van der Waals surface area contributed by atoms with Crippen LogP contribution in [0.5, 0.6) is 0 Å². The lowest BCUT2D eigenvalue weighted by Crippen LogP contribution is -2.25. The summed E-state index contributed by atoms with van der Waals surface area (Å²) in [4.78, 5) is 25.0. The van der Waals surface area contributed by atoms with Crippen LogP contribution in [-0.2, 0) is 0 Å². The molecule has 0 unspecified atom stereocenters. The molecule has 0 atom stereocenters. The second-order valence-electron chi connectivity index (χ2n) is 5.70. The Hall–Kier alpha value is -3.26. The van der Waals surface area contributed by atoms with Crippen molar-refractivity contribution in [3.05, 3.63) is 64.9 Å². The first-order chi connectivity index (χ1) is 13.1. The minimum Gasteiger partial charge on any atom is -0.352 e. The molecule has 0 aliphatic heterocycles. The second kappa shape index (κ2) is 8.41. The van der Waals surface area contributed by atoms with Crippen LogP contribution < -0.4 is 10.6 Å². The molecule has 27 heavy (non-hydrogen) atoms. The predicted molar refractivity (Wildman–Crippen MR) is 101 cm³/mol. The third-order valence-corrected chi connectivity index (χ3v) is 3.97. The summed E-state index contributed by atoms with van der Waals surface area (Å²) in [6.45, 7) is 2.51. The van der Waals surface area contributed by atoms with Gasteiger partial charge in [-0.25, -0.2) is 4.68 Å². The van der Waals surface area contributed by atoms with E-state index in [1.54, 1.807) is 42.5 Å². The van der Waals surface area contributed by atoms with E-state index in [-0.39, 0.29) is 11.8 Å². The van der Waals surface area contributed by atoms with Crippen molar-refractivity contribution < 1.29 is 9.59 Å². The summed E-state index contributed by atoms with van der Waals surface area (Å²) in [5.41, 5.74) is 1.72. The molecule has 0 radical (unpaired) electrons. The first-order valence-corrected chi connectivity index (χ1v) is 8.69. The molecular weight excluding hydrogens is 368 g/mol. The highest BCUT2D eigenvalue weighted by atomic mass is 35.5. The summed E-state index contributed by atoms with van der Waals surface area (Å²) >= 11 is 6.04. The molecular formula is C18H17ClN6O2. The summed E-state index contributed by atoms with van der Waals surface area (Å²) < 4.78 is 1.44. The Bertz CT molecular complexity index is 958. The van der Waals surface area contributed by atoms with Gasteiger partial charge in [-0.15, -0.1) is 5.10 Å². The van der Waals surface area contributed by atoms with Gasteiger partial charge >= 0.3 is 0 Å². The maximum Gasteiger partial charge on any atom is 0.255 e. The smallest absolute Gasteiger partial charge is 0.255 e. The summed E-state index contributed by atoms with van der Waals surface area (Å²) in [6, 6.07) is 11.5. The zero-order valence-electron chi connectivity index (χ0n) is 14.5. The molecule has 2 N–H and O–H groups in total. The zero-order valence-corrected chi connectivity index (χ0v) is 15.3. The van der Waals surface area contributed by atoms with Crippen molar-refractivity contribution in [1.29, 1.82) is 0 Å². The van der Waals surface area contributed by atoms with Gasteiger partial charge in [-0.2, -0.15) is 0 Å². The minimum absolute atomic E-state index is 0.272. The normalized spacial score (nSPS) is 10.4. The van der Waals surface area contributed by atoms with Crippen molar-refractivity contribution in [3.63, 3.8) is 0 Å². The van der Waals surface area contributed by atoms with Crippen LogP contribution in [0.25, 0.3) is 5.69 Å². The Morgan fingerprint density at radius 2 is 2.00 bits per heavy atom. The molecule has 2 amide bonds. The molecule has 0 bridgehead atoms. The Kier molecular flexibility index (Phi) is 5.77. The molecule has 9 heteroatoms. The van der Waals surface area contributed by atoms with E-state index in [1.807, 2.05) is 6.92 Å². The molecule has 2 aromatic carbocycles. The van der Waals surface area contributed by atoms with Crippen molar-refractivity contribution >= 4 is 29.1 Å². The molecule has 0 fully saturated rings. The maximum absolute atomic E-state index is 12.7. The molecule has 1 aromatic heterocycles. The van der Waals surface area contributed by atoms with Crippen molar-refractivity contribution in [2.24, 2.45) is 0 Å². The van der Waals surface area contributed by atoms with E-state index in [0.717, 1.165) is 6.42 Å². The van der Waals surface area contributed by atoms with Crippen molar-refractivity contribution in [2.45, 2.75) is 13.3 Å². The summed E-state index contributed by atoms with van der Waals surface area (Å²) in [6.07, 6.45) is 2.25. The van der Waals surface area contributed by atoms with Crippen LogP contribution in [0.2, 0.25) is 5.02 Å². The quantitative estimate of drug-likeness (QED) is 0.680. The summed E-state index contributed by atoms with van der Waals surface area (Å²) in [5.74, 6) is -0.650. The highest BCUT2D eigenvalue weighted by Crippen LogP contribution is 2.22. The molecule has 0 aliphatic rings. The first kappa shape index (κ1) is 18.5. The average molecular weight is 385 g/mol. The molecule has 3 rings (SSSR count). The fourth-order valence-electron chi connectivity index (χ4n) is 2.42. The number of hydrogen-bond donors (Lipinski definition) is 2. The summed E-state index contributed by atoms with van der Waals surface area (Å²) in [7, 11) is 0. The number of halogens is 1. The average Bonchev–Trinajstić information content (AvgIpc) is 3.21. The van der Waals surface area contributed by atoms with Crippen LogP contribution in [0.3, 0.4) is 0 Å². The highest BCUT2D eigenvalue weighted by Gasteiger charge is 2.15. The van der Waals surface area contributed by atoms with Gasteiger partial charge in [-0.1, -0.05) is 24.6 Å². The standard InChI is InChI=1S/C18H17ClN6O2/c1-2-8-20-18(27)15-7-6-13(19)10-16(15)22-17(26)12-4-3-5-14(9-12)25-11-21-23-24-25/h3-7,9-11H,2,8H2,1H3,(H,20,27)(H,22,26). The third kappa shape index (κ3) is 4.48. The van der Waals surface area contributed by atoms with Gasteiger partial charge in [0.15, 0.2) is 0 Å². The van der Waals surface area contributed by atoms with E-state index in [4.69, 9.17) is 11.6 Å². The van der Waals surface area contributed by atoms with E-state index in [0.29, 0.717) is 34.1 Å². The topological polar surface area (TPSA) is 102 Å². The molecule has 0 saturated carbocycles. The van der Waals surface area contributed by atoms with E-state index in [2.05, 4.69) is 26.2 Å². The zero-order chi connectivity index (χ0) is 19.2. The Balaban J connectivity index is 1.85. The molecule has 8 nitrogen and oxygen atoms in total. The van der Waals surface area contributed by atoms with Gasteiger partial charge in [0.05, 0.1) is 16.9 Å². The first-order valence-electron chi connectivity index (χ1n) is 8.31. The molecule has 0 saturated heterocycles. The fraction of sp³-hybridized carbons (Fsp3) is 0.167. The van der Waals surface area contributed by atoms with Gasteiger partial charge in [0.25, 0.3) is 11.8 Å². The van der Waals surface area contributed by atoms with Gasteiger partial charge < -0.3 is 10.6 Å². The van der Waals surface area contributed by atoms with Gasteiger partial charge in [0.1, 0.15) is 6.33 Å². The van der Waals surface area contributed by atoms with E-state index < -0.39 is 0 Å². The molecule has 3 aromatic rings. The van der Waals surface area contributed by atoms with Gasteiger partial charge in [-0.05, 0) is 53.2 Å². The number of aromatic nitrogens is 4. The lowest BCUT2D eigenvalue weighted by molar-refractivity contribution is 0.0954. The minimum atomic E-state index is -0.378. The van der Waals surface area contributed by atoms with E-state index >= 15 is 0 Å². The Morgan fingerprint density at radius 3 is 2.74 bits per heavy atom. The third-order valence-electron chi connectivity index (χ3n) is 3.73. The Labute approximate surface area is 160 Å². The van der Waals surface area contributed by atoms with Gasteiger partial charge in [-0.3, -0.25) is 9.59 Å².